The molecule has 2 rings (SSSR count). The van der Waals surface area contributed by atoms with Crippen LogP contribution in [-0.4, -0.2) is 44.3 Å². The fourth-order valence-corrected chi connectivity index (χ4v) is 4.22. The van der Waals surface area contributed by atoms with Crippen LogP contribution in [0.15, 0.2) is 47.4 Å². The summed E-state index contributed by atoms with van der Waals surface area (Å²) in [5.74, 6) is -1.30. The van der Waals surface area contributed by atoms with Crippen LogP contribution in [0, 0.1) is 6.92 Å². The van der Waals surface area contributed by atoms with E-state index < -0.39 is 28.5 Å². The Balaban J connectivity index is 2.04. The number of aryl methyl sites for hydroxylation is 1. The number of rotatable bonds is 8. The molecule has 0 saturated carbocycles. The van der Waals surface area contributed by atoms with E-state index in [0.717, 1.165) is 5.56 Å². The first kappa shape index (κ1) is 22.4. The number of benzene rings is 2. The summed E-state index contributed by atoms with van der Waals surface area (Å²) < 4.78 is 31.5. The summed E-state index contributed by atoms with van der Waals surface area (Å²) >= 11 is 0. The molecule has 0 atom stereocenters. The minimum absolute atomic E-state index is 0.0727. The Kier molecular flexibility index (Phi) is 7.35. The number of carbonyl (C=O) groups excluding carboxylic acids is 2. The molecule has 29 heavy (non-hydrogen) atoms. The number of hydrogen-bond acceptors (Lipinski definition) is 6. The van der Waals surface area contributed by atoms with Crippen molar-refractivity contribution in [2.24, 2.45) is 0 Å². The van der Waals surface area contributed by atoms with Gasteiger partial charge in [-0.1, -0.05) is 32.0 Å². The molecule has 8 nitrogen and oxygen atoms in total. The van der Waals surface area contributed by atoms with Crippen molar-refractivity contribution in [2.45, 2.75) is 25.7 Å². The topological polar surface area (TPSA) is 119 Å². The van der Waals surface area contributed by atoms with Crippen LogP contribution < -0.4 is 11.1 Å². The maximum absolute atomic E-state index is 12.6. The van der Waals surface area contributed by atoms with Crippen LogP contribution in [0.25, 0.3) is 0 Å². The third kappa shape index (κ3) is 5.33. The van der Waals surface area contributed by atoms with Crippen molar-refractivity contribution in [1.82, 2.24) is 4.31 Å². The number of hydrogen-bond donors (Lipinski definition) is 2. The van der Waals surface area contributed by atoms with Gasteiger partial charge in [-0.25, -0.2) is 13.2 Å². The van der Waals surface area contributed by atoms with Crippen molar-refractivity contribution in [3.05, 3.63) is 53.6 Å². The number of nitrogens with one attached hydrogen (secondary N) is 1. The highest BCUT2D eigenvalue weighted by Crippen LogP contribution is 2.20. The molecule has 0 bridgehead atoms. The second kappa shape index (κ2) is 9.53. The van der Waals surface area contributed by atoms with Crippen LogP contribution in [-0.2, 0) is 19.6 Å². The zero-order valence-electron chi connectivity index (χ0n) is 16.6. The fraction of sp³-hybridized carbons (Fsp3) is 0.300. The quantitative estimate of drug-likeness (QED) is 0.501. The van der Waals surface area contributed by atoms with Crippen LogP contribution in [0.2, 0.25) is 0 Å². The number of ether oxygens (including phenoxy) is 1. The first-order valence-corrected chi connectivity index (χ1v) is 10.6. The summed E-state index contributed by atoms with van der Waals surface area (Å²) in [5.41, 5.74) is 7.36. The molecule has 0 saturated heterocycles. The number of anilines is 2. The van der Waals surface area contributed by atoms with Crippen molar-refractivity contribution in [3.63, 3.8) is 0 Å². The van der Waals surface area contributed by atoms with Gasteiger partial charge in [0.25, 0.3) is 5.91 Å². The molecule has 0 aliphatic heterocycles. The smallest absolute Gasteiger partial charge is 0.340 e. The molecule has 2 aromatic rings. The summed E-state index contributed by atoms with van der Waals surface area (Å²) in [6.07, 6.45) is 0. The molecule has 0 heterocycles. The molecule has 0 unspecified atom stereocenters. The lowest BCUT2D eigenvalue weighted by atomic mass is 10.1. The molecule has 3 N–H and O–H groups in total. The molecule has 9 heteroatoms. The SMILES string of the molecule is CCN(CC)S(=O)(=O)c1cccc(NC(=O)COC(=O)c2cccc(C)c2N)c1. The van der Waals surface area contributed by atoms with E-state index in [-0.39, 0.29) is 16.1 Å². The van der Waals surface area contributed by atoms with Crippen LogP contribution in [0.3, 0.4) is 0 Å². The van der Waals surface area contributed by atoms with Gasteiger partial charge < -0.3 is 15.8 Å². The number of para-hydroxylation sites is 1. The summed E-state index contributed by atoms with van der Waals surface area (Å²) in [7, 11) is -3.65. The zero-order valence-corrected chi connectivity index (χ0v) is 17.5. The summed E-state index contributed by atoms with van der Waals surface area (Å²) in [6.45, 7) is 5.42. The van der Waals surface area contributed by atoms with E-state index in [1.807, 2.05) is 0 Å². The highest BCUT2D eigenvalue weighted by Gasteiger charge is 2.22. The third-order valence-corrected chi connectivity index (χ3v) is 6.39. The van der Waals surface area contributed by atoms with Crippen molar-refractivity contribution in [1.29, 1.82) is 0 Å². The lowest BCUT2D eigenvalue weighted by Crippen LogP contribution is -2.30. The number of nitrogens with zero attached hydrogens (tertiary/aromatic N) is 1. The minimum Gasteiger partial charge on any atom is -0.452 e. The van der Waals surface area contributed by atoms with Crippen LogP contribution in [0.4, 0.5) is 11.4 Å². The second-order valence-corrected chi connectivity index (χ2v) is 8.22. The van der Waals surface area contributed by atoms with E-state index >= 15 is 0 Å². The Labute approximate surface area is 170 Å². The van der Waals surface area contributed by atoms with Gasteiger partial charge in [-0.2, -0.15) is 4.31 Å². The van der Waals surface area contributed by atoms with E-state index in [4.69, 9.17) is 10.5 Å². The van der Waals surface area contributed by atoms with Gasteiger partial charge in [0, 0.05) is 24.5 Å². The van der Waals surface area contributed by atoms with Crippen molar-refractivity contribution in [3.8, 4) is 0 Å². The molecular formula is C20H25N3O5S. The van der Waals surface area contributed by atoms with E-state index in [2.05, 4.69) is 5.32 Å². The average Bonchev–Trinajstić information content (AvgIpc) is 2.69. The predicted octanol–water partition coefficient (Wildman–Crippen LogP) is 2.40. The minimum atomic E-state index is -3.65. The Bertz CT molecular complexity index is 1000. The highest BCUT2D eigenvalue weighted by molar-refractivity contribution is 7.89. The van der Waals surface area contributed by atoms with Gasteiger partial charge in [0.1, 0.15) is 0 Å². The largest absolute Gasteiger partial charge is 0.452 e. The molecule has 0 aromatic heterocycles. The Hall–Kier alpha value is -2.91. The van der Waals surface area contributed by atoms with Crippen LogP contribution in [0.1, 0.15) is 29.8 Å². The second-order valence-electron chi connectivity index (χ2n) is 6.28. The van der Waals surface area contributed by atoms with E-state index in [1.54, 1.807) is 39.0 Å². The van der Waals surface area contributed by atoms with E-state index in [1.165, 1.54) is 28.6 Å². The first-order valence-electron chi connectivity index (χ1n) is 9.13. The Morgan fingerprint density at radius 2 is 1.76 bits per heavy atom. The molecule has 0 radical (unpaired) electrons. The number of nitrogen functional groups attached to an aromatic ring is 1. The molecule has 1 amide bonds. The molecule has 156 valence electrons. The van der Waals surface area contributed by atoms with Crippen LogP contribution in [0.5, 0.6) is 0 Å². The monoisotopic (exact) mass is 419 g/mol. The van der Waals surface area contributed by atoms with Gasteiger partial charge in [0.05, 0.1) is 10.5 Å². The fourth-order valence-electron chi connectivity index (χ4n) is 2.71. The number of amides is 1. The van der Waals surface area contributed by atoms with Gasteiger partial charge in [-0.05, 0) is 36.8 Å². The van der Waals surface area contributed by atoms with Gasteiger partial charge in [-0.15, -0.1) is 0 Å². The highest BCUT2D eigenvalue weighted by atomic mass is 32.2. The molecular weight excluding hydrogens is 394 g/mol. The maximum Gasteiger partial charge on any atom is 0.340 e. The zero-order chi connectivity index (χ0) is 21.6. The predicted molar refractivity (Wildman–Crippen MR) is 111 cm³/mol. The molecule has 0 aliphatic carbocycles. The van der Waals surface area contributed by atoms with Gasteiger partial charge in [0.15, 0.2) is 6.61 Å². The normalized spacial score (nSPS) is 11.3. The molecule has 0 spiro atoms. The molecule has 0 aliphatic rings. The van der Waals surface area contributed by atoms with Crippen molar-refractivity contribution >= 4 is 33.3 Å². The lowest BCUT2D eigenvalue weighted by Gasteiger charge is -2.18. The summed E-state index contributed by atoms with van der Waals surface area (Å²) in [6, 6.07) is 10.9. The Morgan fingerprint density at radius 1 is 1.10 bits per heavy atom. The van der Waals surface area contributed by atoms with Crippen molar-refractivity contribution in [2.75, 3.05) is 30.7 Å². The molecule has 2 aromatic carbocycles. The molecule has 0 fully saturated rings. The third-order valence-electron chi connectivity index (χ3n) is 4.34. The summed E-state index contributed by atoms with van der Waals surface area (Å²) in [4.78, 5) is 24.3. The standard InChI is InChI=1S/C20H25N3O5S/c1-4-23(5-2)29(26,27)16-10-7-9-15(12-16)22-18(24)13-28-20(25)17-11-6-8-14(3)19(17)21/h6-12H,4-5,13,21H2,1-3H3,(H,22,24). The maximum atomic E-state index is 12.6. The number of sulfonamides is 1. The number of carbonyl (C=O) groups is 2. The average molecular weight is 420 g/mol. The van der Waals surface area contributed by atoms with E-state index in [9.17, 15) is 18.0 Å². The number of nitrogens with two attached hydrogens (primary N) is 1. The summed E-state index contributed by atoms with van der Waals surface area (Å²) in [5, 5.41) is 2.53. The van der Waals surface area contributed by atoms with Gasteiger partial charge >= 0.3 is 5.97 Å². The van der Waals surface area contributed by atoms with E-state index in [0.29, 0.717) is 18.8 Å². The van der Waals surface area contributed by atoms with Crippen molar-refractivity contribution < 1.29 is 22.7 Å². The lowest BCUT2D eigenvalue weighted by molar-refractivity contribution is -0.119. The first-order chi connectivity index (χ1) is 13.7. The Morgan fingerprint density at radius 3 is 2.41 bits per heavy atom. The van der Waals surface area contributed by atoms with Gasteiger partial charge in [0.2, 0.25) is 10.0 Å². The van der Waals surface area contributed by atoms with Crippen LogP contribution >= 0.6 is 0 Å². The number of esters is 1. The van der Waals surface area contributed by atoms with Gasteiger partial charge in [-0.3, -0.25) is 4.79 Å².